The van der Waals surface area contributed by atoms with E-state index in [1.54, 1.807) is 18.2 Å². The molecule has 2 aromatic carbocycles. The minimum absolute atomic E-state index is 0.212. The Morgan fingerprint density at radius 2 is 1.91 bits per heavy atom. The molecule has 2 aromatic heterocycles. The summed E-state index contributed by atoms with van der Waals surface area (Å²) >= 11 is 7.39. The second-order valence-corrected chi connectivity index (χ2v) is 8.19. The van der Waals surface area contributed by atoms with Crippen LogP contribution in [0.4, 0.5) is 10.1 Å². The summed E-state index contributed by atoms with van der Waals surface area (Å²) in [4.78, 5) is 30.0. The third-order valence-corrected chi connectivity index (χ3v) is 5.73. The van der Waals surface area contributed by atoms with Crippen molar-refractivity contribution < 1.29 is 13.9 Å². The van der Waals surface area contributed by atoms with E-state index in [-0.39, 0.29) is 23.9 Å². The first-order valence-corrected chi connectivity index (χ1v) is 10.9. The standard InChI is InChI=1S/C23H17ClFN3O3S/c24-15-5-10-21-26-17(11-23(30)28(21)12-15)14-32-20-4-2-1-3-19(20)27-22(29)13-31-18-8-6-16(25)7-9-18/h1-12H,13-14H2,(H,27,29). The molecule has 0 bridgehead atoms. The zero-order valence-corrected chi connectivity index (χ0v) is 18.2. The van der Waals surface area contributed by atoms with Gasteiger partial charge in [0.05, 0.1) is 16.4 Å². The molecule has 1 amide bonds. The number of anilines is 1. The molecule has 0 aliphatic heterocycles. The lowest BCUT2D eigenvalue weighted by Gasteiger charge is -2.11. The van der Waals surface area contributed by atoms with Crippen molar-refractivity contribution in [3.8, 4) is 5.75 Å². The molecule has 6 nitrogen and oxygen atoms in total. The van der Waals surface area contributed by atoms with E-state index in [0.717, 1.165) is 4.90 Å². The van der Waals surface area contributed by atoms with E-state index in [2.05, 4.69) is 10.3 Å². The van der Waals surface area contributed by atoms with E-state index in [4.69, 9.17) is 16.3 Å². The molecule has 162 valence electrons. The Hall–Kier alpha value is -3.36. The second-order valence-electron chi connectivity index (χ2n) is 6.74. The van der Waals surface area contributed by atoms with Gasteiger partial charge in [0.25, 0.3) is 11.5 Å². The average Bonchev–Trinajstić information content (AvgIpc) is 2.79. The fourth-order valence-electron chi connectivity index (χ4n) is 2.91. The van der Waals surface area contributed by atoms with Crippen LogP contribution in [0.25, 0.3) is 5.65 Å². The fraction of sp³-hybridized carbons (Fsp3) is 0.0870. The minimum atomic E-state index is -0.375. The average molecular weight is 470 g/mol. The Labute approximate surface area is 192 Å². The molecule has 2 heterocycles. The number of hydrogen-bond acceptors (Lipinski definition) is 5. The summed E-state index contributed by atoms with van der Waals surface area (Å²) in [7, 11) is 0. The highest BCUT2D eigenvalue weighted by atomic mass is 35.5. The van der Waals surface area contributed by atoms with Gasteiger partial charge >= 0.3 is 0 Å². The van der Waals surface area contributed by atoms with Gasteiger partial charge in [-0.2, -0.15) is 0 Å². The molecule has 9 heteroatoms. The zero-order valence-electron chi connectivity index (χ0n) is 16.6. The summed E-state index contributed by atoms with van der Waals surface area (Å²) in [5, 5.41) is 3.27. The molecule has 4 aromatic rings. The summed E-state index contributed by atoms with van der Waals surface area (Å²) in [6.07, 6.45) is 1.53. The lowest BCUT2D eigenvalue weighted by atomic mass is 10.3. The van der Waals surface area contributed by atoms with Crippen LogP contribution >= 0.6 is 23.4 Å². The monoisotopic (exact) mass is 469 g/mol. The number of amides is 1. The van der Waals surface area contributed by atoms with Crippen LogP contribution in [0.3, 0.4) is 0 Å². The highest BCUT2D eigenvalue weighted by Gasteiger charge is 2.10. The van der Waals surface area contributed by atoms with Crippen LogP contribution in [0.1, 0.15) is 5.69 Å². The van der Waals surface area contributed by atoms with Gasteiger partial charge in [-0.15, -0.1) is 11.8 Å². The van der Waals surface area contributed by atoms with Gasteiger partial charge in [-0.25, -0.2) is 9.37 Å². The molecule has 32 heavy (non-hydrogen) atoms. The van der Waals surface area contributed by atoms with Crippen LogP contribution in [0.2, 0.25) is 5.02 Å². The largest absolute Gasteiger partial charge is 0.484 e. The van der Waals surface area contributed by atoms with Crippen LogP contribution in [-0.4, -0.2) is 21.9 Å². The number of thioether (sulfide) groups is 1. The SMILES string of the molecule is O=C(COc1ccc(F)cc1)Nc1ccccc1SCc1cc(=O)n2cc(Cl)ccc2n1. The number of fused-ring (bicyclic) bond motifs is 1. The summed E-state index contributed by atoms with van der Waals surface area (Å²) in [5.74, 6) is 0.119. The number of para-hydroxylation sites is 1. The molecule has 0 aliphatic carbocycles. The van der Waals surface area contributed by atoms with E-state index in [9.17, 15) is 14.0 Å². The van der Waals surface area contributed by atoms with E-state index >= 15 is 0 Å². The third-order valence-electron chi connectivity index (χ3n) is 4.40. The first kappa shape index (κ1) is 21.9. The highest BCUT2D eigenvalue weighted by Crippen LogP contribution is 2.29. The summed E-state index contributed by atoms with van der Waals surface area (Å²) in [5.41, 5.74) is 1.53. The normalized spacial score (nSPS) is 10.8. The second kappa shape index (κ2) is 9.84. The van der Waals surface area contributed by atoms with Gasteiger partial charge in [-0.1, -0.05) is 23.7 Å². The number of ether oxygens (including phenoxy) is 1. The van der Waals surface area contributed by atoms with Crippen molar-refractivity contribution in [2.45, 2.75) is 10.6 Å². The molecule has 0 aliphatic rings. The number of aromatic nitrogens is 2. The molecule has 1 N–H and O–H groups in total. The predicted octanol–water partition coefficient (Wildman–Crippen LogP) is 4.80. The number of halogens is 2. The van der Waals surface area contributed by atoms with Gasteiger partial charge in [0, 0.05) is 22.9 Å². The Morgan fingerprint density at radius 1 is 1.12 bits per heavy atom. The summed E-state index contributed by atoms with van der Waals surface area (Å²) in [6, 6.07) is 17.6. The number of rotatable bonds is 7. The maximum Gasteiger partial charge on any atom is 0.262 e. The number of benzene rings is 2. The van der Waals surface area contributed by atoms with Gasteiger partial charge in [0.1, 0.15) is 17.2 Å². The molecule has 4 rings (SSSR count). The van der Waals surface area contributed by atoms with Crippen LogP contribution in [0, 0.1) is 5.82 Å². The number of nitrogens with zero attached hydrogens (tertiary/aromatic N) is 2. The molecule has 0 atom stereocenters. The summed E-state index contributed by atoms with van der Waals surface area (Å²) < 4.78 is 19.7. The Balaban J connectivity index is 1.41. The fourth-order valence-corrected chi connectivity index (χ4v) is 3.97. The number of carbonyl (C=O) groups excluding carboxylic acids is 1. The van der Waals surface area contributed by atoms with E-state index < -0.39 is 0 Å². The van der Waals surface area contributed by atoms with E-state index in [1.165, 1.54) is 52.7 Å². The molecular formula is C23H17ClFN3O3S. The van der Waals surface area contributed by atoms with Crippen LogP contribution in [-0.2, 0) is 10.5 Å². The highest BCUT2D eigenvalue weighted by molar-refractivity contribution is 7.98. The third kappa shape index (κ3) is 5.46. The van der Waals surface area contributed by atoms with Crippen molar-refractivity contribution in [3.05, 3.63) is 99.8 Å². The molecule has 0 saturated heterocycles. The number of hydrogen-bond donors (Lipinski definition) is 1. The van der Waals surface area contributed by atoms with Crippen molar-refractivity contribution >= 4 is 40.6 Å². The Kier molecular flexibility index (Phi) is 6.72. The van der Waals surface area contributed by atoms with E-state index in [0.29, 0.717) is 33.6 Å². The molecule has 0 radical (unpaired) electrons. The van der Waals surface area contributed by atoms with E-state index in [1.807, 2.05) is 18.2 Å². The van der Waals surface area contributed by atoms with Crippen LogP contribution < -0.4 is 15.6 Å². The Morgan fingerprint density at radius 3 is 2.72 bits per heavy atom. The van der Waals surface area contributed by atoms with Gasteiger partial charge in [0.2, 0.25) is 0 Å². The number of pyridine rings is 1. The first-order chi connectivity index (χ1) is 15.5. The van der Waals surface area contributed by atoms with Crippen molar-refractivity contribution in [2.24, 2.45) is 0 Å². The van der Waals surface area contributed by atoms with Gasteiger partial charge in [-0.3, -0.25) is 14.0 Å². The molecular weight excluding hydrogens is 453 g/mol. The smallest absolute Gasteiger partial charge is 0.262 e. The topological polar surface area (TPSA) is 72.7 Å². The predicted molar refractivity (Wildman–Crippen MR) is 123 cm³/mol. The quantitative estimate of drug-likeness (QED) is 0.394. The minimum Gasteiger partial charge on any atom is -0.484 e. The summed E-state index contributed by atoms with van der Waals surface area (Å²) in [6.45, 7) is -0.212. The van der Waals surface area contributed by atoms with Gasteiger partial charge in [0.15, 0.2) is 6.61 Å². The molecule has 0 spiro atoms. The van der Waals surface area contributed by atoms with Crippen molar-refractivity contribution in [2.75, 3.05) is 11.9 Å². The van der Waals surface area contributed by atoms with Crippen LogP contribution in [0.15, 0.2) is 82.6 Å². The van der Waals surface area contributed by atoms with Gasteiger partial charge in [-0.05, 0) is 48.5 Å². The maximum absolute atomic E-state index is 13.0. The van der Waals surface area contributed by atoms with Crippen molar-refractivity contribution in [1.82, 2.24) is 9.38 Å². The molecule has 0 unspecified atom stereocenters. The lowest BCUT2D eigenvalue weighted by Crippen LogP contribution is -2.20. The lowest BCUT2D eigenvalue weighted by molar-refractivity contribution is -0.118. The zero-order chi connectivity index (χ0) is 22.5. The van der Waals surface area contributed by atoms with Crippen molar-refractivity contribution in [1.29, 1.82) is 0 Å². The maximum atomic E-state index is 13.0. The van der Waals surface area contributed by atoms with Gasteiger partial charge < -0.3 is 10.1 Å². The molecule has 0 fully saturated rings. The molecule has 0 saturated carbocycles. The number of nitrogens with one attached hydrogen (secondary N) is 1. The first-order valence-electron chi connectivity index (χ1n) is 9.56. The van der Waals surface area contributed by atoms with Crippen molar-refractivity contribution in [3.63, 3.8) is 0 Å². The Bertz CT molecular complexity index is 1330. The number of carbonyl (C=O) groups is 1. The van der Waals surface area contributed by atoms with Crippen LogP contribution in [0.5, 0.6) is 5.75 Å².